The van der Waals surface area contributed by atoms with Gasteiger partial charge in [0.1, 0.15) is 0 Å². The fourth-order valence-electron chi connectivity index (χ4n) is 2.65. The summed E-state index contributed by atoms with van der Waals surface area (Å²) in [5.41, 5.74) is 0. The maximum atomic E-state index is 3.86. The first-order valence-electron chi connectivity index (χ1n) is 6.29. The largest absolute Gasteiger partial charge is 0.310 e. The summed E-state index contributed by atoms with van der Waals surface area (Å²) in [4.78, 5) is 2.48. The molecule has 0 aromatic rings. The van der Waals surface area contributed by atoms with Crippen molar-refractivity contribution >= 4 is 11.8 Å². The van der Waals surface area contributed by atoms with Gasteiger partial charge in [0.05, 0.1) is 0 Å². The summed E-state index contributed by atoms with van der Waals surface area (Å²) in [7, 11) is 2.25. The Balaban J connectivity index is 1.74. The van der Waals surface area contributed by atoms with E-state index in [4.69, 9.17) is 0 Å². The van der Waals surface area contributed by atoms with Crippen molar-refractivity contribution in [2.75, 3.05) is 25.1 Å². The molecular weight excluding hydrogens is 204 g/mol. The molecule has 0 amide bonds. The second-order valence-electron chi connectivity index (χ2n) is 5.13. The third-order valence-corrected chi connectivity index (χ3v) is 5.06. The van der Waals surface area contributed by atoms with Crippen molar-refractivity contribution in [3.63, 3.8) is 0 Å². The first-order chi connectivity index (χ1) is 7.25. The zero-order valence-corrected chi connectivity index (χ0v) is 10.9. The lowest BCUT2D eigenvalue weighted by Crippen LogP contribution is -2.49. The number of likely N-dealkylation sites (tertiary alicyclic amines) is 1. The molecule has 0 aliphatic carbocycles. The minimum Gasteiger partial charge on any atom is -0.310 e. The van der Waals surface area contributed by atoms with Gasteiger partial charge in [-0.3, -0.25) is 0 Å². The Hall–Kier alpha value is 0.270. The summed E-state index contributed by atoms with van der Waals surface area (Å²) < 4.78 is 0. The van der Waals surface area contributed by atoms with E-state index in [1.54, 1.807) is 0 Å². The molecule has 2 heterocycles. The molecule has 2 nitrogen and oxygen atoms in total. The lowest BCUT2D eigenvalue weighted by atomic mass is 9.97. The second kappa shape index (κ2) is 5.55. The van der Waals surface area contributed by atoms with Crippen molar-refractivity contribution in [3.05, 3.63) is 0 Å². The molecule has 88 valence electrons. The molecule has 2 aliphatic rings. The predicted molar refractivity (Wildman–Crippen MR) is 68.6 cm³/mol. The van der Waals surface area contributed by atoms with E-state index in [-0.39, 0.29) is 0 Å². The lowest BCUT2D eigenvalue weighted by molar-refractivity contribution is 0.162. The van der Waals surface area contributed by atoms with Crippen LogP contribution < -0.4 is 5.32 Å². The van der Waals surface area contributed by atoms with Crippen molar-refractivity contribution in [1.82, 2.24) is 10.2 Å². The molecule has 0 aromatic carbocycles. The van der Waals surface area contributed by atoms with Crippen LogP contribution in [0, 0.1) is 0 Å². The first-order valence-corrected chi connectivity index (χ1v) is 7.45. The Labute approximate surface area is 98.2 Å². The molecule has 0 radical (unpaired) electrons. The quantitative estimate of drug-likeness (QED) is 0.778. The molecule has 2 saturated heterocycles. The summed E-state index contributed by atoms with van der Waals surface area (Å²) in [6, 6.07) is 2.33. The fourth-order valence-corrected chi connectivity index (χ4v) is 3.73. The highest BCUT2D eigenvalue weighted by Gasteiger charge is 2.25. The maximum absolute atomic E-state index is 3.86. The molecule has 1 N–H and O–H groups in total. The SMILES string of the molecule is CC1CC(NC2CCCSC2)CCN1C. The summed E-state index contributed by atoms with van der Waals surface area (Å²) in [6.07, 6.45) is 5.47. The number of nitrogens with one attached hydrogen (secondary N) is 1. The minimum atomic E-state index is 0.757. The van der Waals surface area contributed by atoms with Gasteiger partial charge in [0, 0.05) is 23.9 Å². The number of thioether (sulfide) groups is 1. The van der Waals surface area contributed by atoms with E-state index in [9.17, 15) is 0 Å². The Morgan fingerprint density at radius 3 is 2.80 bits per heavy atom. The third kappa shape index (κ3) is 3.36. The van der Waals surface area contributed by atoms with E-state index < -0.39 is 0 Å². The van der Waals surface area contributed by atoms with Gasteiger partial charge < -0.3 is 10.2 Å². The number of rotatable bonds is 2. The van der Waals surface area contributed by atoms with Crippen molar-refractivity contribution in [1.29, 1.82) is 0 Å². The molecule has 0 aromatic heterocycles. The Morgan fingerprint density at radius 1 is 1.27 bits per heavy atom. The van der Waals surface area contributed by atoms with Crippen molar-refractivity contribution in [2.45, 2.75) is 50.7 Å². The highest BCUT2D eigenvalue weighted by Crippen LogP contribution is 2.21. The van der Waals surface area contributed by atoms with Gasteiger partial charge in [-0.05, 0) is 52.0 Å². The van der Waals surface area contributed by atoms with Crippen LogP contribution in [0.25, 0.3) is 0 Å². The Kier molecular flexibility index (Phi) is 4.35. The molecule has 3 unspecified atom stereocenters. The number of hydrogen-bond acceptors (Lipinski definition) is 3. The average molecular weight is 228 g/mol. The number of piperidine rings is 1. The zero-order chi connectivity index (χ0) is 10.7. The van der Waals surface area contributed by atoms with Gasteiger partial charge >= 0.3 is 0 Å². The minimum absolute atomic E-state index is 0.757. The monoisotopic (exact) mass is 228 g/mol. The van der Waals surface area contributed by atoms with Crippen LogP contribution in [0.1, 0.15) is 32.6 Å². The van der Waals surface area contributed by atoms with E-state index in [1.165, 1.54) is 43.7 Å². The normalized spacial score (nSPS) is 39.2. The highest BCUT2D eigenvalue weighted by molar-refractivity contribution is 7.99. The summed E-state index contributed by atoms with van der Waals surface area (Å²) in [5, 5.41) is 3.86. The molecule has 2 aliphatic heterocycles. The first kappa shape index (κ1) is 11.7. The zero-order valence-electron chi connectivity index (χ0n) is 10.0. The molecule has 15 heavy (non-hydrogen) atoms. The van der Waals surface area contributed by atoms with E-state index >= 15 is 0 Å². The molecular formula is C12H24N2S. The smallest absolute Gasteiger partial charge is 0.0161 e. The topological polar surface area (TPSA) is 15.3 Å². The van der Waals surface area contributed by atoms with Gasteiger partial charge in [-0.2, -0.15) is 11.8 Å². The van der Waals surface area contributed by atoms with Crippen molar-refractivity contribution < 1.29 is 0 Å². The highest BCUT2D eigenvalue weighted by atomic mass is 32.2. The predicted octanol–water partition coefficient (Wildman–Crippen LogP) is 1.95. The molecule has 0 bridgehead atoms. The molecule has 3 atom stereocenters. The second-order valence-corrected chi connectivity index (χ2v) is 6.28. The van der Waals surface area contributed by atoms with Crippen LogP contribution in [0.4, 0.5) is 0 Å². The van der Waals surface area contributed by atoms with Crippen LogP contribution in [-0.2, 0) is 0 Å². The molecule has 0 spiro atoms. The van der Waals surface area contributed by atoms with E-state index in [2.05, 4.69) is 35.9 Å². The van der Waals surface area contributed by atoms with E-state index in [0.717, 1.165) is 18.1 Å². The van der Waals surface area contributed by atoms with Crippen LogP contribution in [0.15, 0.2) is 0 Å². The number of hydrogen-bond donors (Lipinski definition) is 1. The van der Waals surface area contributed by atoms with Crippen LogP contribution in [0.2, 0.25) is 0 Å². The number of nitrogens with zero attached hydrogens (tertiary/aromatic N) is 1. The molecule has 2 rings (SSSR count). The average Bonchev–Trinajstić information content (AvgIpc) is 2.25. The van der Waals surface area contributed by atoms with Crippen LogP contribution in [0.5, 0.6) is 0 Å². The van der Waals surface area contributed by atoms with Crippen LogP contribution in [-0.4, -0.2) is 48.1 Å². The standard InChI is InChI=1S/C12H24N2S/c1-10-8-11(5-6-14(10)2)13-12-4-3-7-15-9-12/h10-13H,3-9H2,1-2H3. The van der Waals surface area contributed by atoms with Crippen LogP contribution >= 0.6 is 11.8 Å². The summed E-state index contributed by atoms with van der Waals surface area (Å²) in [6.45, 7) is 3.61. The fraction of sp³-hybridized carbons (Fsp3) is 1.00. The maximum Gasteiger partial charge on any atom is 0.0161 e. The Bertz CT molecular complexity index is 192. The lowest BCUT2D eigenvalue weighted by Gasteiger charge is -2.37. The molecule has 3 heteroatoms. The molecule has 0 saturated carbocycles. The molecule has 2 fully saturated rings. The van der Waals surface area contributed by atoms with Crippen molar-refractivity contribution in [3.8, 4) is 0 Å². The Morgan fingerprint density at radius 2 is 2.13 bits per heavy atom. The van der Waals surface area contributed by atoms with E-state index in [0.29, 0.717) is 0 Å². The van der Waals surface area contributed by atoms with Crippen molar-refractivity contribution in [2.24, 2.45) is 0 Å². The summed E-state index contributed by atoms with van der Waals surface area (Å²) in [5.74, 6) is 2.71. The van der Waals surface area contributed by atoms with E-state index in [1.807, 2.05) is 0 Å². The van der Waals surface area contributed by atoms with Gasteiger partial charge in [0.25, 0.3) is 0 Å². The van der Waals surface area contributed by atoms with Gasteiger partial charge in [-0.15, -0.1) is 0 Å². The van der Waals surface area contributed by atoms with Gasteiger partial charge in [0.15, 0.2) is 0 Å². The summed E-state index contributed by atoms with van der Waals surface area (Å²) >= 11 is 2.12. The van der Waals surface area contributed by atoms with Gasteiger partial charge in [0.2, 0.25) is 0 Å². The van der Waals surface area contributed by atoms with Gasteiger partial charge in [-0.25, -0.2) is 0 Å². The van der Waals surface area contributed by atoms with Crippen LogP contribution in [0.3, 0.4) is 0 Å². The third-order valence-electron chi connectivity index (χ3n) is 3.84. The van der Waals surface area contributed by atoms with Gasteiger partial charge in [-0.1, -0.05) is 0 Å².